The van der Waals surface area contributed by atoms with Crippen LogP contribution in [0.2, 0.25) is 0 Å². The second-order valence-electron chi connectivity index (χ2n) is 5.75. The Hall–Kier alpha value is -3.19. The average molecular weight is 343 g/mol. The average Bonchev–Trinajstić information content (AvgIpc) is 2.91. The van der Waals surface area contributed by atoms with E-state index in [9.17, 15) is 18.8 Å². The molecule has 0 spiro atoms. The van der Waals surface area contributed by atoms with Gasteiger partial charge in [-0.25, -0.2) is 4.39 Å². The Morgan fingerprint density at radius 2 is 2.24 bits per heavy atom. The zero-order valence-electron chi connectivity index (χ0n) is 13.1. The summed E-state index contributed by atoms with van der Waals surface area (Å²) in [7, 11) is 0. The lowest BCUT2D eigenvalue weighted by Gasteiger charge is -2.29. The van der Waals surface area contributed by atoms with Gasteiger partial charge in [-0.05, 0) is 35.2 Å². The molecule has 1 aromatic carbocycles. The Balaban J connectivity index is 1.88. The molecule has 3 rings (SSSR count). The number of carbonyl (C=O) groups is 3. The van der Waals surface area contributed by atoms with Crippen molar-refractivity contribution < 1.29 is 18.8 Å². The highest BCUT2D eigenvalue weighted by Crippen LogP contribution is 2.30. The number of nitrogens with one attached hydrogen (secondary N) is 1. The molecule has 0 bridgehead atoms. The third kappa shape index (κ3) is 3.22. The Morgan fingerprint density at radius 1 is 1.44 bits per heavy atom. The van der Waals surface area contributed by atoms with Gasteiger partial charge in [0, 0.05) is 23.4 Å². The molecule has 2 aliphatic heterocycles. The van der Waals surface area contributed by atoms with Gasteiger partial charge in [0.1, 0.15) is 11.9 Å². The number of nitrogens with zero attached hydrogens (tertiary/aromatic N) is 4. The molecular weight excluding hydrogens is 329 g/mol. The summed E-state index contributed by atoms with van der Waals surface area (Å²) in [5, 5.41) is 5.39. The van der Waals surface area contributed by atoms with E-state index in [0.29, 0.717) is 16.7 Å². The molecule has 25 heavy (non-hydrogen) atoms. The van der Waals surface area contributed by atoms with Gasteiger partial charge in [-0.15, -0.1) is 0 Å². The van der Waals surface area contributed by atoms with Crippen LogP contribution in [0.25, 0.3) is 16.5 Å². The largest absolute Gasteiger partial charge is 0.322 e. The van der Waals surface area contributed by atoms with Crippen LogP contribution in [0.4, 0.5) is 4.39 Å². The van der Waals surface area contributed by atoms with Crippen molar-refractivity contribution in [2.45, 2.75) is 25.4 Å². The predicted molar refractivity (Wildman–Crippen MR) is 85.6 cm³/mol. The van der Waals surface area contributed by atoms with Crippen molar-refractivity contribution in [3.05, 3.63) is 51.2 Å². The van der Waals surface area contributed by atoms with Crippen LogP contribution in [-0.2, 0) is 16.1 Å². The fourth-order valence-corrected chi connectivity index (χ4v) is 3.06. The van der Waals surface area contributed by atoms with Crippen molar-refractivity contribution in [2.24, 2.45) is 5.11 Å². The van der Waals surface area contributed by atoms with Crippen LogP contribution in [-0.4, -0.2) is 35.2 Å². The Morgan fingerprint density at radius 3 is 2.96 bits per heavy atom. The number of fused-ring (bicyclic) bond motifs is 1. The maximum atomic E-state index is 13.8. The number of benzene rings is 1. The molecule has 1 unspecified atom stereocenters. The number of carbonyl (C=O) groups excluding carboxylic acids is 3. The van der Waals surface area contributed by atoms with Gasteiger partial charge in [0.2, 0.25) is 11.8 Å². The monoisotopic (exact) mass is 343 g/mol. The molecule has 9 heteroatoms. The molecule has 1 atom stereocenters. The van der Waals surface area contributed by atoms with Crippen molar-refractivity contribution >= 4 is 23.8 Å². The quantitative estimate of drug-likeness (QED) is 0.390. The molecule has 0 saturated carbocycles. The lowest BCUT2D eigenvalue weighted by atomic mass is 10.0. The molecule has 0 radical (unpaired) electrons. The number of rotatable bonds is 4. The highest BCUT2D eigenvalue weighted by Gasteiger charge is 2.39. The van der Waals surface area contributed by atoms with Gasteiger partial charge in [-0.3, -0.25) is 19.7 Å². The number of halogens is 1. The van der Waals surface area contributed by atoms with Gasteiger partial charge in [0.25, 0.3) is 5.91 Å². The molecule has 0 aliphatic carbocycles. The number of piperidine rings is 1. The molecule has 1 saturated heterocycles. The van der Waals surface area contributed by atoms with Crippen LogP contribution in [0.3, 0.4) is 0 Å². The van der Waals surface area contributed by atoms with Gasteiger partial charge in [0.05, 0.1) is 6.54 Å². The topological polar surface area (TPSA) is 115 Å². The van der Waals surface area contributed by atoms with Crippen LogP contribution >= 0.6 is 0 Å². The van der Waals surface area contributed by atoms with Crippen LogP contribution < -0.4 is 5.32 Å². The SMILES string of the molecule is [N-]=[N+]=NC/C(F)=C/c1cccc2c1CN(C1CCC(=O)NC1=O)C2=O. The van der Waals surface area contributed by atoms with E-state index in [0.717, 1.165) is 0 Å². The second-order valence-corrected chi connectivity index (χ2v) is 5.75. The highest BCUT2D eigenvalue weighted by molar-refractivity contribution is 6.05. The number of azide groups is 1. The minimum atomic E-state index is -0.720. The van der Waals surface area contributed by atoms with E-state index in [-0.39, 0.29) is 31.2 Å². The van der Waals surface area contributed by atoms with Gasteiger partial charge < -0.3 is 4.90 Å². The fraction of sp³-hybridized carbons (Fsp3) is 0.312. The molecule has 2 aliphatic rings. The summed E-state index contributed by atoms with van der Waals surface area (Å²) in [5.74, 6) is -1.80. The van der Waals surface area contributed by atoms with Gasteiger partial charge >= 0.3 is 0 Å². The summed E-state index contributed by atoms with van der Waals surface area (Å²) in [6, 6.07) is 4.17. The van der Waals surface area contributed by atoms with E-state index >= 15 is 0 Å². The molecule has 128 valence electrons. The molecule has 1 N–H and O–H groups in total. The van der Waals surface area contributed by atoms with Crippen molar-refractivity contribution in [2.75, 3.05) is 6.54 Å². The predicted octanol–water partition coefficient (Wildman–Crippen LogP) is 2.07. The smallest absolute Gasteiger partial charge is 0.255 e. The third-order valence-electron chi connectivity index (χ3n) is 4.22. The zero-order valence-corrected chi connectivity index (χ0v) is 13.1. The van der Waals surface area contributed by atoms with E-state index in [4.69, 9.17) is 5.53 Å². The summed E-state index contributed by atoms with van der Waals surface area (Å²) >= 11 is 0. The normalized spacial score (nSPS) is 20.2. The molecule has 1 fully saturated rings. The van der Waals surface area contributed by atoms with Gasteiger partial charge in [-0.1, -0.05) is 17.2 Å². The molecule has 0 aromatic heterocycles. The van der Waals surface area contributed by atoms with Crippen molar-refractivity contribution in [1.82, 2.24) is 10.2 Å². The van der Waals surface area contributed by atoms with Gasteiger partial charge in [-0.2, -0.15) is 0 Å². The molecule has 8 nitrogen and oxygen atoms in total. The van der Waals surface area contributed by atoms with E-state index in [1.54, 1.807) is 18.2 Å². The van der Waals surface area contributed by atoms with Crippen LogP contribution in [0, 0.1) is 0 Å². The number of amides is 3. The van der Waals surface area contributed by atoms with Crippen LogP contribution in [0.1, 0.15) is 34.3 Å². The number of hydrogen-bond acceptors (Lipinski definition) is 4. The number of hydrogen-bond donors (Lipinski definition) is 1. The fourth-order valence-electron chi connectivity index (χ4n) is 3.06. The lowest BCUT2D eigenvalue weighted by Crippen LogP contribution is -2.52. The van der Waals surface area contributed by atoms with Crippen molar-refractivity contribution in [1.29, 1.82) is 0 Å². The summed E-state index contributed by atoms with van der Waals surface area (Å²) in [6.45, 7) is -0.257. The second kappa shape index (κ2) is 6.74. The van der Waals surface area contributed by atoms with Crippen molar-refractivity contribution in [3.63, 3.8) is 0 Å². The Kier molecular flexibility index (Phi) is 4.49. The first kappa shape index (κ1) is 16.7. The lowest BCUT2D eigenvalue weighted by molar-refractivity contribution is -0.136. The van der Waals surface area contributed by atoms with E-state index in [1.807, 2.05) is 0 Å². The zero-order chi connectivity index (χ0) is 18.0. The Labute approximate surface area is 141 Å². The molecule has 2 heterocycles. The first-order chi connectivity index (χ1) is 12.0. The van der Waals surface area contributed by atoms with Crippen molar-refractivity contribution in [3.8, 4) is 0 Å². The van der Waals surface area contributed by atoms with Gasteiger partial charge in [0.15, 0.2) is 0 Å². The summed E-state index contributed by atoms with van der Waals surface area (Å²) in [4.78, 5) is 39.8. The minimum absolute atomic E-state index is 0.155. The maximum Gasteiger partial charge on any atom is 0.255 e. The molecular formula is C16H14FN5O3. The highest BCUT2D eigenvalue weighted by atomic mass is 19.1. The first-order valence-corrected chi connectivity index (χ1v) is 7.64. The maximum absolute atomic E-state index is 13.8. The van der Waals surface area contributed by atoms with Crippen LogP contribution in [0.5, 0.6) is 0 Å². The standard InChI is InChI=1S/C16H14FN5O3/c17-10(7-19-21-18)6-9-2-1-3-11-12(9)8-22(16(11)25)13-4-5-14(23)20-15(13)24/h1-3,6,13H,4-5,7-8H2,(H,20,23,24)/b10-6-. The van der Waals surface area contributed by atoms with E-state index < -0.39 is 24.3 Å². The first-order valence-electron chi connectivity index (χ1n) is 7.64. The third-order valence-corrected chi connectivity index (χ3v) is 4.22. The summed E-state index contributed by atoms with van der Waals surface area (Å²) in [6.07, 6.45) is 1.65. The van der Waals surface area contributed by atoms with E-state index in [1.165, 1.54) is 11.0 Å². The van der Waals surface area contributed by atoms with E-state index in [2.05, 4.69) is 15.3 Å². The number of imide groups is 1. The Bertz CT molecular complexity index is 844. The summed E-state index contributed by atoms with van der Waals surface area (Å²) < 4.78 is 13.8. The molecule has 1 aromatic rings. The summed E-state index contributed by atoms with van der Waals surface area (Å²) in [5.41, 5.74) is 9.74. The molecule has 3 amide bonds. The van der Waals surface area contributed by atoms with Crippen LogP contribution in [0.15, 0.2) is 29.1 Å². The minimum Gasteiger partial charge on any atom is -0.322 e.